The summed E-state index contributed by atoms with van der Waals surface area (Å²) in [5.41, 5.74) is 1.41. The third-order valence-corrected chi connectivity index (χ3v) is 7.90. The van der Waals surface area contributed by atoms with E-state index in [1.54, 1.807) is 6.07 Å². The second-order valence-electron chi connectivity index (χ2n) is 9.61. The first-order chi connectivity index (χ1) is 15.5. The molecule has 0 radical (unpaired) electrons. The van der Waals surface area contributed by atoms with E-state index in [2.05, 4.69) is 16.0 Å². The van der Waals surface area contributed by atoms with Crippen molar-refractivity contribution in [1.82, 2.24) is 9.80 Å². The number of benzene rings is 1. The standard InChI is InChI=1S/C24H30ClN5O2/c25-21-11-19(6-5-17(21)13-26)30-22(16-3-1-2-4-16)12-23(27-30)29-14-18(15-29)24(32)28-9-7-20(31)8-10-28/h5-6,11,16,18,20,22,31H,1-4,7-10,12,14-15H2/t22-/m1/s1. The van der Waals surface area contributed by atoms with Gasteiger partial charge in [-0.1, -0.05) is 24.4 Å². The Hall–Kier alpha value is -2.30. The molecule has 0 bridgehead atoms. The minimum absolute atomic E-state index is 0.0243. The van der Waals surface area contributed by atoms with Gasteiger partial charge in [0, 0.05) is 32.6 Å². The molecule has 170 valence electrons. The van der Waals surface area contributed by atoms with Crippen LogP contribution in [0.1, 0.15) is 50.5 Å². The highest BCUT2D eigenvalue weighted by molar-refractivity contribution is 6.32. The Morgan fingerprint density at radius 3 is 2.53 bits per heavy atom. The summed E-state index contributed by atoms with van der Waals surface area (Å²) in [7, 11) is 0. The number of carbonyl (C=O) groups is 1. The van der Waals surface area contributed by atoms with Crippen LogP contribution < -0.4 is 5.01 Å². The van der Waals surface area contributed by atoms with Crippen molar-refractivity contribution in [2.24, 2.45) is 16.9 Å². The number of hydrogen-bond acceptors (Lipinski definition) is 6. The first kappa shape index (κ1) is 21.5. The Morgan fingerprint density at radius 2 is 1.88 bits per heavy atom. The number of nitrogens with zero attached hydrogens (tertiary/aromatic N) is 5. The fourth-order valence-electron chi connectivity index (χ4n) is 5.59. The topological polar surface area (TPSA) is 83.2 Å². The zero-order chi connectivity index (χ0) is 22.2. The molecule has 5 rings (SSSR count). The molecule has 0 spiro atoms. The lowest BCUT2D eigenvalue weighted by molar-refractivity contribution is -0.141. The summed E-state index contributed by atoms with van der Waals surface area (Å²) < 4.78 is 0. The highest BCUT2D eigenvalue weighted by Crippen LogP contribution is 2.39. The van der Waals surface area contributed by atoms with Gasteiger partial charge in [0.1, 0.15) is 11.9 Å². The number of rotatable bonds is 3. The SMILES string of the molecule is N#Cc1ccc(N2N=C(N3CC(C(=O)N4CCC(O)CC4)C3)C[C@@H]2C2CCCC2)cc1Cl. The predicted octanol–water partition coefficient (Wildman–Crippen LogP) is 3.21. The lowest BCUT2D eigenvalue weighted by Gasteiger charge is -2.42. The number of hydrazone groups is 1. The van der Waals surface area contributed by atoms with E-state index in [1.165, 1.54) is 25.7 Å². The zero-order valence-corrected chi connectivity index (χ0v) is 19.0. The number of carbonyl (C=O) groups excluding carboxylic acids is 1. The smallest absolute Gasteiger partial charge is 0.229 e. The van der Waals surface area contributed by atoms with Crippen molar-refractivity contribution in [3.05, 3.63) is 28.8 Å². The minimum Gasteiger partial charge on any atom is -0.393 e. The van der Waals surface area contributed by atoms with Crippen LogP contribution in [0.5, 0.6) is 0 Å². The van der Waals surface area contributed by atoms with Crippen molar-refractivity contribution in [1.29, 1.82) is 5.26 Å². The van der Waals surface area contributed by atoms with Gasteiger partial charge in [-0.3, -0.25) is 9.80 Å². The van der Waals surface area contributed by atoms with Crippen LogP contribution >= 0.6 is 11.6 Å². The normalized spacial score (nSPS) is 25.1. The summed E-state index contributed by atoms with van der Waals surface area (Å²) >= 11 is 6.32. The lowest BCUT2D eigenvalue weighted by atomic mass is 9.92. The first-order valence-corrected chi connectivity index (χ1v) is 12.2. The van der Waals surface area contributed by atoms with E-state index in [1.807, 2.05) is 17.0 Å². The van der Waals surface area contributed by atoms with Crippen molar-refractivity contribution >= 4 is 29.0 Å². The summed E-state index contributed by atoms with van der Waals surface area (Å²) in [5, 5.41) is 26.5. The molecule has 1 N–H and O–H groups in total. The van der Waals surface area contributed by atoms with Crippen LogP contribution in [0.25, 0.3) is 0 Å². The number of nitriles is 1. The van der Waals surface area contributed by atoms with E-state index in [9.17, 15) is 15.2 Å². The molecule has 1 aliphatic carbocycles. The van der Waals surface area contributed by atoms with Gasteiger partial charge in [0.2, 0.25) is 5.91 Å². The van der Waals surface area contributed by atoms with Gasteiger partial charge in [0.25, 0.3) is 0 Å². The molecule has 3 heterocycles. The number of likely N-dealkylation sites (tertiary alicyclic amines) is 2. The third-order valence-electron chi connectivity index (χ3n) is 7.58. The molecule has 3 aliphatic heterocycles. The Kier molecular flexibility index (Phi) is 6.00. The maximum Gasteiger partial charge on any atom is 0.229 e. The van der Waals surface area contributed by atoms with Crippen LogP contribution in [0.2, 0.25) is 5.02 Å². The number of amides is 1. The van der Waals surface area contributed by atoms with Gasteiger partial charge in [-0.15, -0.1) is 0 Å². The molecule has 0 aromatic heterocycles. The van der Waals surface area contributed by atoms with Crippen molar-refractivity contribution in [3.63, 3.8) is 0 Å². The molecule has 1 aromatic rings. The Balaban J connectivity index is 1.28. The average molecular weight is 456 g/mol. The Labute approximate surface area is 194 Å². The van der Waals surface area contributed by atoms with E-state index < -0.39 is 0 Å². The summed E-state index contributed by atoms with van der Waals surface area (Å²) in [6.45, 7) is 2.76. The number of anilines is 1. The molecule has 3 fully saturated rings. The van der Waals surface area contributed by atoms with E-state index in [-0.39, 0.29) is 17.9 Å². The maximum absolute atomic E-state index is 12.8. The molecule has 4 aliphatic rings. The van der Waals surface area contributed by atoms with Gasteiger partial charge >= 0.3 is 0 Å². The monoisotopic (exact) mass is 455 g/mol. The van der Waals surface area contributed by atoms with Crippen molar-refractivity contribution in [2.75, 3.05) is 31.2 Å². The summed E-state index contributed by atoms with van der Waals surface area (Å²) in [6.07, 6.45) is 6.96. The quantitative estimate of drug-likeness (QED) is 0.756. The minimum atomic E-state index is -0.265. The van der Waals surface area contributed by atoms with Crippen LogP contribution in [0.4, 0.5) is 5.69 Å². The Morgan fingerprint density at radius 1 is 1.16 bits per heavy atom. The van der Waals surface area contributed by atoms with Gasteiger partial charge in [-0.25, -0.2) is 0 Å². The molecule has 7 nitrogen and oxygen atoms in total. The van der Waals surface area contributed by atoms with Crippen molar-refractivity contribution < 1.29 is 9.90 Å². The second-order valence-corrected chi connectivity index (χ2v) is 10.0. The molecule has 8 heteroatoms. The fraction of sp³-hybridized carbons (Fsp3) is 0.625. The van der Waals surface area contributed by atoms with Crippen LogP contribution in [0.15, 0.2) is 23.3 Å². The van der Waals surface area contributed by atoms with Crippen molar-refractivity contribution in [3.8, 4) is 6.07 Å². The number of aliphatic hydroxyl groups excluding tert-OH is 1. The molecular formula is C24H30ClN5O2. The van der Waals surface area contributed by atoms with Gasteiger partial charge in [-0.05, 0) is 49.8 Å². The average Bonchev–Trinajstić information content (AvgIpc) is 3.43. The van der Waals surface area contributed by atoms with Gasteiger partial charge < -0.3 is 14.9 Å². The molecule has 1 amide bonds. The van der Waals surface area contributed by atoms with Crippen molar-refractivity contribution in [2.45, 2.75) is 57.1 Å². The fourth-order valence-corrected chi connectivity index (χ4v) is 5.81. The van der Waals surface area contributed by atoms with E-state index in [0.717, 1.165) is 31.0 Å². The summed E-state index contributed by atoms with van der Waals surface area (Å²) in [6, 6.07) is 7.98. The molecule has 0 unspecified atom stereocenters. The number of amidine groups is 1. The van der Waals surface area contributed by atoms with Crippen LogP contribution in [0, 0.1) is 23.2 Å². The number of halogens is 1. The molecule has 1 aromatic carbocycles. The third kappa shape index (κ3) is 4.06. The largest absolute Gasteiger partial charge is 0.393 e. The highest BCUT2D eigenvalue weighted by Gasteiger charge is 2.43. The van der Waals surface area contributed by atoms with Crippen LogP contribution in [-0.4, -0.2) is 65.0 Å². The van der Waals surface area contributed by atoms with Crippen LogP contribution in [-0.2, 0) is 4.79 Å². The lowest BCUT2D eigenvalue weighted by Crippen LogP contribution is -2.57. The summed E-state index contributed by atoms with van der Waals surface area (Å²) in [4.78, 5) is 17.0. The highest BCUT2D eigenvalue weighted by atomic mass is 35.5. The molecule has 2 saturated heterocycles. The van der Waals surface area contributed by atoms with E-state index in [0.29, 0.717) is 48.5 Å². The molecule has 32 heavy (non-hydrogen) atoms. The second kappa shape index (κ2) is 8.92. The number of piperidine rings is 1. The van der Waals surface area contributed by atoms with E-state index >= 15 is 0 Å². The van der Waals surface area contributed by atoms with Crippen LogP contribution in [0.3, 0.4) is 0 Å². The first-order valence-electron chi connectivity index (χ1n) is 11.8. The van der Waals surface area contributed by atoms with Gasteiger partial charge in [0.15, 0.2) is 0 Å². The molecule has 1 atom stereocenters. The van der Waals surface area contributed by atoms with Gasteiger partial charge in [0.05, 0.1) is 34.3 Å². The zero-order valence-electron chi connectivity index (χ0n) is 18.3. The van der Waals surface area contributed by atoms with E-state index in [4.69, 9.17) is 16.7 Å². The molecular weight excluding hydrogens is 426 g/mol. The maximum atomic E-state index is 12.8. The Bertz CT molecular complexity index is 940. The number of aliphatic hydroxyl groups is 1. The predicted molar refractivity (Wildman–Crippen MR) is 123 cm³/mol. The number of hydrogen-bond donors (Lipinski definition) is 1. The molecule has 1 saturated carbocycles. The van der Waals surface area contributed by atoms with Gasteiger partial charge in [-0.2, -0.15) is 10.4 Å². The summed E-state index contributed by atoms with van der Waals surface area (Å²) in [5.74, 6) is 1.90.